The van der Waals surface area contributed by atoms with Crippen molar-refractivity contribution in [2.24, 2.45) is 10.7 Å². The Kier molecular flexibility index (Phi) is 4.90. The van der Waals surface area contributed by atoms with Gasteiger partial charge in [-0.15, -0.1) is 0 Å². The predicted octanol–water partition coefficient (Wildman–Crippen LogP) is 3.37. The maximum atomic E-state index is 10.8. The summed E-state index contributed by atoms with van der Waals surface area (Å²) in [5, 5.41) is 18.3. The minimum absolute atomic E-state index is 0.182. The molecule has 0 spiro atoms. The summed E-state index contributed by atoms with van der Waals surface area (Å²) in [6.07, 6.45) is 0. The summed E-state index contributed by atoms with van der Waals surface area (Å²) in [5.74, 6) is -0.997. The van der Waals surface area contributed by atoms with E-state index in [-0.39, 0.29) is 5.56 Å². The van der Waals surface area contributed by atoms with Crippen molar-refractivity contribution < 1.29 is 9.90 Å². The van der Waals surface area contributed by atoms with E-state index in [9.17, 15) is 10.1 Å². The molecule has 0 aromatic heterocycles. The van der Waals surface area contributed by atoms with Crippen molar-refractivity contribution in [3.63, 3.8) is 0 Å². The maximum absolute atomic E-state index is 10.8. The van der Waals surface area contributed by atoms with Gasteiger partial charge in [0.05, 0.1) is 28.2 Å². The Morgan fingerprint density at radius 2 is 1.70 bits per heavy atom. The third kappa shape index (κ3) is 3.83. The van der Waals surface area contributed by atoms with Crippen LogP contribution in [0.5, 0.6) is 0 Å². The van der Waals surface area contributed by atoms with Crippen LogP contribution in [-0.4, -0.2) is 16.8 Å². The van der Waals surface area contributed by atoms with Gasteiger partial charge >= 0.3 is 5.97 Å². The zero-order valence-corrected chi connectivity index (χ0v) is 12.5. The molecule has 0 saturated heterocycles. The lowest BCUT2D eigenvalue weighted by molar-refractivity contribution is 0.0697. The van der Waals surface area contributed by atoms with E-state index in [4.69, 9.17) is 10.8 Å². The second-order valence-electron chi connectivity index (χ2n) is 4.82. The Balaban J connectivity index is 2.38. The number of hydrogen-bond donors (Lipinski definition) is 2. The fourth-order valence-electron chi connectivity index (χ4n) is 2.03. The molecule has 5 nitrogen and oxygen atoms in total. The van der Waals surface area contributed by atoms with Gasteiger partial charge in [0, 0.05) is 0 Å². The third-order valence-corrected chi connectivity index (χ3v) is 3.24. The number of nitrogens with zero attached hydrogens (tertiary/aromatic N) is 2. The number of benzene rings is 2. The van der Waals surface area contributed by atoms with Crippen LogP contribution in [0, 0.1) is 11.3 Å². The van der Waals surface area contributed by atoms with Gasteiger partial charge in [0.15, 0.2) is 0 Å². The van der Waals surface area contributed by atoms with Gasteiger partial charge in [-0.3, -0.25) is 4.99 Å². The van der Waals surface area contributed by atoms with E-state index in [0.29, 0.717) is 22.7 Å². The van der Waals surface area contributed by atoms with E-state index >= 15 is 0 Å². The first kappa shape index (κ1) is 16.0. The molecule has 0 aliphatic carbocycles. The minimum Gasteiger partial charge on any atom is -0.478 e. The fourth-order valence-corrected chi connectivity index (χ4v) is 2.03. The average Bonchev–Trinajstić information content (AvgIpc) is 2.56. The molecule has 3 N–H and O–H groups in total. The highest BCUT2D eigenvalue weighted by Gasteiger charge is 2.09. The first-order valence-corrected chi connectivity index (χ1v) is 6.87. The fraction of sp³-hybridized carbons (Fsp3) is 0.0556. The smallest absolute Gasteiger partial charge is 0.335 e. The second-order valence-corrected chi connectivity index (χ2v) is 4.82. The standard InChI is InChI=1S/C18H15N3O2/c1-12(21-15-9-7-14(8-10-15)18(22)23)16(11-19)17(20)13-5-3-2-4-6-13/h2-10H,20H2,1H3,(H,22,23)/b17-16-,21-12?. The molecule has 2 aromatic rings. The molecule has 0 heterocycles. The van der Waals surface area contributed by atoms with Gasteiger partial charge < -0.3 is 10.8 Å². The number of nitrogens with two attached hydrogens (primary N) is 1. The molecule has 0 bridgehead atoms. The van der Waals surface area contributed by atoms with E-state index in [1.165, 1.54) is 12.1 Å². The monoisotopic (exact) mass is 305 g/mol. The van der Waals surface area contributed by atoms with Gasteiger partial charge in [0.2, 0.25) is 0 Å². The zero-order chi connectivity index (χ0) is 16.8. The first-order valence-electron chi connectivity index (χ1n) is 6.87. The molecule has 0 fully saturated rings. The summed E-state index contributed by atoms with van der Waals surface area (Å²) < 4.78 is 0. The quantitative estimate of drug-likeness (QED) is 0.668. The van der Waals surface area contributed by atoms with Crippen LogP contribution in [0.15, 0.2) is 65.2 Å². The van der Waals surface area contributed by atoms with Crippen molar-refractivity contribution in [3.8, 4) is 6.07 Å². The van der Waals surface area contributed by atoms with Crippen molar-refractivity contribution >= 4 is 23.1 Å². The minimum atomic E-state index is -0.997. The second kappa shape index (κ2) is 7.05. The lowest BCUT2D eigenvalue weighted by atomic mass is 10.0. The summed E-state index contributed by atoms with van der Waals surface area (Å²) in [4.78, 5) is 15.2. The van der Waals surface area contributed by atoms with Crippen LogP contribution in [0.2, 0.25) is 0 Å². The summed E-state index contributed by atoms with van der Waals surface area (Å²) in [6.45, 7) is 1.69. The Hall–Kier alpha value is -3.39. The van der Waals surface area contributed by atoms with Gasteiger partial charge in [-0.25, -0.2) is 4.79 Å². The topological polar surface area (TPSA) is 99.5 Å². The van der Waals surface area contributed by atoms with E-state index in [1.807, 2.05) is 30.3 Å². The van der Waals surface area contributed by atoms with Crippen LogP contribution in [0.3, 0.4) is 0 Å². The van der Waals surface area contributed by atoms with Gasteiger partial charge in [-0.05, 0) is 36.8 Å². The molecule has 0 unspecified atom stereocenters. The highest BCUT2D eigenvalue weighted by molar-refractivity contribution is 6.08. The molecule has 23 heavy (non-hydrogen) atoms. The van der Waals surface area contributed by atoms with Crippen molar-refractivity contribution in [2.75, 3.05) is 0 Å². The highest BCUT2D eigenvalue weighted by atomic mass is 16.4. The Morgan fingerprint density at radius 1 is 1.09 bits per heavy atom. The summed E-state index contributed by atoms with van der Waals surface area (Å²) in [6, 6.07) is 17.4. The Labute approximate surface area is 134 Å². The number of hydrogen-bond acceptors (Lipinski definition) is 4. The van der Waals surface area contributed by atoms with E-state index in [2.05, 4.69) is 11.1 Å². The van der Waals surface area contributed by atoms with Crippen LogP contribution in [-0.2, 0) is 0 Å². The van der Waals surface area contributed by atoms with E-state index in [0.717, 1.165) is 5.56 Å². The molecule has 0 saturated carbocycles. The molecule has 114 valence electrons. The predicted molar refractivity (Wildman–Crippen MR) is 89.3 cm³/mol. The number of allylic oxidation sites excluding steroid dienone is 1. The number of carbonyl (C=O) groups is 1. The van der Waals surface area contributed by atoms with Gasteiger partial charge in [-0.2, -0.15) is 5.26 Å². The number of rotatable bonds is 4. The number of carboxylic acids is 1. The summed E-state index contributed by atoms with van der Waals surface area (Å²) in [7, 11) is 0. The summed E-state index contributed by atoms with van der Waals surface area (Å²) >= 11 is 0. The highest BCUT2D eigenvalue weighted by Crippen LogP contribution is 2.18. The molecule has 2 aromatic carbocycles. The van der Waals surface area contributed by atoms with Crippen LogP contribution >= 0.6 is 0 Å². The average molecular weight is 305 g/mol. The van der Waals surface area contributed by atoms with Crippen LogP contribution < -0.4 is 5.73 Å². The molecule has 5 heteroatoms. The molecule has 0 amide bonds. The molecular weight excluding hydrogens is 290 g/mol. The zero-order valence-electron chi connectivity index (χ0n) is 12.5. The number of nitriles is 1. The van der Waals surface area contributed by atoms with Crippen molar-refractivity contribution in [2.45, 2.75) is 6.92 Å². The van der Waals surface area contributed by atoms with Crippen molar-refractivity contribution in [3.05, 3.63) is 71.3 Å². The van der Waals surface area contributed by atoms with E-state index < -0.39 is 5.97 Å². The SMILES string of the molecule is CC(=Nc1ccc(C(=O)O)cc1)/C(C#N)=C(\N)c1ccccc1. The van der Waals surface area contributed by atoms with Gasteiger partial charge in [0.25, 0.3) is 0 Å². The molecule has 0 aliphatic rings. The van der Waals surface area contributed by atoms with Crippen molar-refractivity contribution in [1.82, 2.24) is 0 Å². The maximum Gasteiger partial charge on any atom is 0.335 e. The lowest BCUT2D eigenvalue weighted by Crippen LogP contribution is -2.06. The summed E-state index contributed by atoms with van der Waals surface area (Å²) in [5.41, 5.74) is 8.67. The first-order chi connectivity index (χ1) is 11.0. The Morgan fingerprint density at radius 3 is 2.22 bits per heavy atom. The van der Waals surface area contributed by atoms with Gasteiger partial charge in [-0.1, -0.05) is 30.3 Å². The number of carboxylic acid groups (broad SMARTS) is 1. The molecule has 0 aliphatic heterocycles. The number of aromatic carboxylic acids is 1. The molecular formula is C18H15N3O2. The largest absolute Gasteiger partial charge is 0.478 e. The lowest BCUT2D eigenvalue weighted by Gasteiger charge is -2.06. The van der Waals surface area contributed by atoms with Gasteiger partial charge in [0.1, 0.15) is 6.07 Å². The van der Waals surface area contributed by atoms with E-state index in [1.54, 1.807) is 19.1 Å². The number of aliphatic imine (C=N–C) groups is 1. The molecule has 0 atom stereocenters. The third-order valence-electron chi connectivity index (χ3n) is 3.24. The van der Waals surface area contributed by atoms with Crippen molar-refractivity contribution in [1.29, 1.82) is 5.26 Å². The van der Waals surface area contributed by atoms with Crippen LogP contribution in [0.25, 0.3) is 5.70 Å². The molecule has 2 rings (SSSR count). The van der Waals surface area contributed by atoms with Crippen LogP contribution in [0.1, 0.15) is 22.8 Å². The normalized spacial score (nSPS) is 12.3. The Bertz CT molecular complexity index is 814. The molecule has 0 radical (unpaired) electrons. The van der Waals surface area contributed by atoms with Crippen LogP contribution in [0.4, 0.5) is 5.69 Å².